The molecule has 134 valence electrons. The van der Waals surface area contributed by atoms with Crippen molar-refractivity contribution >= 4 is 16.6 Å². The molecule has 2 aromatic rings. The lowest BCUT2D eigenvalue weighted by Crippen LogP contribution is -2.30. The van der Waals surface area contributed by atoms with Crippen molar-refractivity contribution in [3.05, 3.63) is 29.3 Å². The Kier molecular flexibility index (Phi) is 4.89. The fourth-order valence-corrected chi connectivity index (χ4v) is 4.02. The molecule has 0 aliphatic heterocycles. The Labute approximate surface area is 148 Å². The number of phenolic OH excluding ortho intramolecular Hbond substituents is 3. The number of hydrogen-bond acceptors (Lipinski definition) is 4. The molecule has 2 atom stereocenters. The van der Waals surface area contributed by atoms with E-state index < -0.39 is 0 Å². The molecule has 0 heterocycles. The summed E-state index contributed by atoms with van der Waals surface area (Å²) in [5.41, 5.74) is 1.53. The van der Waals surface area contributed by atoms with Crippen molar-refractivity contribution in [3.63, 3.8) is 0 Å². The Bertz CT molecular complexity index is 809. The Morgan fingerprint density at radius 1 is 1.00 bits per heavy atom. The lowest BCUT2D eigenvalue weighted by molar-refractivity contribution is 0.0848. The molecule has 0 amide bonds. The second kappa shape index (κ2) is 6.95. The third kappa shape index (κ3) is 3.17. The Morgan fingerprint density at radius 2 is 1.76 bits per heavy atom. The summed E-state index contributed by atoms with van der Waals surface area (Å²) in [6, 6.07) is 4.54. The zero-order valence-corrected chi connectivity index (χ0v) is 14.9. The van der Waals surface area contributed by atoms with Gasteiger partial charge in [0.1, 0.15) is 5.75 Å². The summed E-state index contributed by atoms with van der Waals surface area (Å²) in [7, 11) is 0. The summed E-state index contributed by atoms with van der Waals surface area (Å²) in [4.78, 5) is 13.0. The number of Topliss-reactive ketones (excluding diaryl/α,β-unsaturated/α-hetero) is 1. The van der Waals surface area contributed by atoms with Crippen LogP contribution in [0.15, 0.2) is 18.2 Å². The monoisotopic (exact) mass is 342 g/mol. The molecule has 3 N–H and O–H groups in total. The summed E-state index contributed by atoms with van der Waals surface area (Å²) < 4.78 is 0. The molecule has 3 rings (SSSR count). The van der Waals surface area contributed by atoms with E-state index in [1.165, 1.54) is 12.8 Å². The number of rotatable bonds is 5. The lowest BCUT2D eigenvalue weighted by atomic mass is 9.73. The number of phenols is 3. The number of fused-ring (bicyclic) bond motifs is 2. The first-order valence-corrected chi connectivity index (χ1v) is 9.18. The fourth-order valence-electron chi connectivity index (χ4n) is 4.02. The van der Waals surface area contributed by atoms with Crippen LogP contribution >= 0.6 is 0 Å². The summed E-state index contributed by atoms with van der Waals surface area (Å²) in [5.74, 6) is -0.356. The predicted octanol–water partition coefficient (Wildman–Crippen LogP) is 4.92. The number of carbonyl (C=O) groups excluding carboxylic acids is 1. The van der Waals surface area contributed by atoms with Gasteiger partial charge in [-0.3, -0.25) is 4.79 Å². The standard InChI is InChI=1S/C21H26O4/c1-3-4-5-6-7-14-12(2)8-13-9-16-17(10-15(13)20(14)24)21(25)19(23)11-18(16)22/h9-12,14,22-23,25H,3-8H2,1-2H3/t12-,14+/m1/s1. The van der Waals surface area contributed by atoms with Crippen molar-refractivity contribution in [1.29, 1.82) is 0 Å². The summed E-state index contributed by atoms with van der Waals surface area (Å²) in [5, 5.41) is 30.7. The highest BCUT2D eigenvalue weighted by Gasteiger charge is 2.33. The largest absolute Gasteiger partial charge is 0.507 e. The van der Waals surface area contributed by atoms with Gasteiger partial charge < -0.3 is 15.3 Å². The van der Waals surface area contributed by atoms with Gasteiger partial charge in [0, 0.05) is 28.3 Å². The average molecular weight is 342 g/mol. The van der Waals surface area contributed by atoms with Gasteiger partial charge in [0.05, 0.1) is 0 Å². The van der Waals surface area contributed by atoms with Crippen molar-refractivity contribution in [2.45, 2.75) is 52.4 Å². The molecule has 1 aliphatic carbocycles. The van der Waals surface area contributed by atoms with Crippen LogP contribution in [0.3, 0.4) is 0 Å². The molecule has 1 aliphatic rings. The van der Waals surface area contributed by atoms with Crippen molar-refractivity contribution in [1.82, 2.24) is 0 Å². The van der Waals surface area contributed by atoms with Crippen LogP contribution in [0.4, 0.5) is 0 Å². The van der Waals surface area contributed by atoms with Crippen LogP contribution in [0.1, 0.15) is 61.9 Å². The predicted molar refractivity (Wildman–Crippen MR) is 98.4 cm³/mol. The molecule has 0 spiro atoms. The maximum atomic E-state index is 13.0. The van der Waals surface area contributed by atoms with Crippen molar-refractivity contribution < 1.29 is 20.1 Å². The van der Waals surface area contributed by atoms with E-state index in [9.17, 15) is 20.1 Å². The molecule has 0 saturated carbocycles. The van der Waals surface area contributed by atoms with Gasteiger partial charge in [-0.1, -0.05) is 39.5 Å². The zero-order valence-electron chi connectivity index (χ0n) is 14.9. The minimum atomic E-state index is -0.377. The van der Waals surface area contributed by atoms with E-state index in [0.29, 0.717) is 16.3 Å². The Hall–Kier alpha value is -2.23. The fraction of sp³-hybridized carbons (Fsp3) is 0.476. The molecule has 25 heavy (non-hydrogen) atoms. The average Bonchev–Trinajstić information content (AvgIpc) is 2.58. The maximum Gasteiger partial charge on any atom is 0.166 e. The van der Waals surface area contributed by atoms with E-state index >= 15 is 0 Å². The lowest BCUT2D eigenvalue weighted by Gasteiger charge is -2.30. The van der Waals surface area contributed by atoms with Gasteiger partial charge in [0.25, 0.3) is 0 Å². The van der Waals surface area contributed by atoms with Crippen LogP contribution in [0.25, 0.3) is 10.8 Å². The van der Waals surface area contributed by atoms with Gasteiger partial charge in [-0.25, -0.2) is 0 Å². The Morgan fingerprint density at radius 3 is 2.48 bits per heavy atom. The van der Waals surface area contributed by atoms with Gasteiger partial charge in [-0.2, -0.15) is 0 Å². The van der Waals surface area contributed by atoms with E-state index in [2.05, 4.69) is 13.8 Å². The molecule has 2 aromatic carbocycles. The molecule has 0 unspecified atom stereocenters. The van der Waals surface area contributed by atoms with E-state index in [0.717, 1.165) is 37.3 Å². The first kappa shape index (κ1) is 17.6. The quantitative estimate of drug-likeness (QED) is 0.409. The minimum Gasteiger partial charge on any atom is -0.507 e. The highest BCUT2D eigenvalue weighted by atomic mass is 16.3. The second-order valence-electron chi connectivity index (χ2n) is 7.32. The van der Waals surface area contributed by atoms with Crippen molar-refractivity contribution in [2.75, 3.05) is 0 Å². The van der Waals surface area contributed by atoms with Crippen molar-refractivity contribution in [2.24, 2.45) is 11.8 Å². The van der Waals surface area contributed by atoms with E-state index in [4.69, 9.17) is 0 Å². The highest BCUT2D eigenvalue weighted by Crippen LogP contribution is 2.43. The van der Waals surface area contributed by atoms with Gasteiger partial charge in [-0.15, -0.1) is 0 Å². The molecule has 4 nitrogen and oxygen atoms in total. The molecule has 0 saturated heterocycles. The first-order valence-electron chi connectivity index (χ1n) is 9.18. The second-order valence-corrected chi connectivity index (χ2v) is 7.32. The summed E-state index contributed by atoms with van der Waals surface area (Å²) in [6.07, 6.45) is 6.27. The van der Waals surface area contributed by atoms with Crippen molar-refractivity contribution in [3.8, 4) is 17.2 Å². The topological polar surface area (TPSA) is 77.8 Å². The summed E-state index contributed by atoms with van der Waals surface area (Å²) in [6.45, 7) is 4.29. The third-order valence-electron chi connectivity index (χ3n) is 5.49. The minimum absolute atomic E-state index is 0.00913. The van der Waals surface area contributed by atoms with Gasteiger partial charge in [0.2, 0.25) is 0 Å². The summed E-state index contributed by atoms with van der Waals surface area (Å²) >= 11 is 0. The first-order chi connectivity index (χ1) is 11.9. The number of hydrogen-bond donors (Lipinski definition) is 3. The SMILES string of the molecule is CCCCCC[C@@H]1C(=O)c2cc3c(O)c(O)cc(O)c3cc2C[C@H]1C. The Balaban J connectivity index is 1.98. The van der Waals surface area contributed by atoms with Crippen LogP contribution in [0.2, 0.25) is 0 Å². The van der Waals surface area contributed by atoms with Gasteiger partial charge >= 0.3 is 0 Å². The number of aromatic hydroxyl groups is 3. The molecule has 4 heteroatoms. The molecular weight excluding hydrogens is 316 g/mol. The number of ketones is 1. The van der Waals surface area contributed by atoms with Crippen LogP contribution < -0.4 is 0 Å². The van der Waals surface area contributed by atoms with E-state index in [-0.39, 0.29) is 34.9 Å². The molecular formula is C21H26O4. The maximum absolute atomic E-state index is 13.0. The third-order valence-corrected chi connectivity index (χ3v) is 5.49. The van der Waals surface area contributed by atoms with E-state index in [1.807, 2.05) is 0 Å². The normalized spacial score (nSPS) is 20.0. The van der Waals surface area contributed by atoms with Crippen LogP contribution in [0, 0.1) is 11.8 Å². The number of unbranched alkanes of at least 4 members (excludes halogenated alkanes) is 3. The molecule has 0 radical (unpaired) electrons. The smallest absolute Gasteiger partial charge is 0.166 e. The molecule has 0 bridgehead atoms. The molecule has 0 aromatic heterocycles. The van der Waals surface area contributed by atoms with E-state index in [1.54, 1.807) is 12.1 Å². The highest BCUT2D eigenvalue weighted by molar-refractivity contribution is 6.06. The van der Waals surface area contributed by atoms with Gasteiger partial charge in [-0.05, 0) is 36.5 Å². The van der Waals surface area contributed by atoms with Gasteiger partial charge in [0.15, 0.2) is 17.3 Å². The zero-order chi connectivity index (χ0) is 18.1. The number of benzene rings is 2. The van der Waals surface area contributed by atoms with Crippen LogP contribution in [0.5, 0.6) is 17.2 Å². The number of carbonyl (C=O) groups is 1. The molecule has 0 fully saturated rings. The van der Waals surface area contributed by atoms with Crippen LogP contribution in [-0.2, 0) is 6.42 Å². The van der Waals surface area contributed by atoms with Crippen LogP contribution in [-0.4, -0.2) is 21.1 Å².